The van der Waals surface area contributed by atoms with E-state index < -0.39 is 0 Å². The van der Waals surface area contributed by atoms with E-state index in [1.807, 2.05) is 24.1 Å². The molecule has 0 aromatic carbocycles. The second-order valence-corrected chi connectivity index (χ2v) is 3.49. The fraction of sp³-hybridized carbons (Fsp3) is 0.455. The van der Waals surface area contributed by atoms with Crippen LogP contribution in [0.3, 0.4) is 0 Å². The summed E-state index contributed by atoms with van der Waals surface area (Å²) in [7, 11) is 3.60. The van der Waals surface area contributed by atoms with E-state index in [1.54, 1.807) is 13.2 Å². The summed E-state index contributed by atoms with van der Waals surface area (Å²) in [5.74, 6) is 0.752. The quantitative estimate of drug-likeness (QED) is 0.749. The minimum absolute atomic E-state index is 0.274. The predicted octanol–water partition coefficient (Wildman–Crippen LogP) is 1.01. The van der Waals surface area contributed by atoms with Gasteiger partial charge in [0.2, 0.25) is 0 Å². The minimum atomic E-state index is 0.274. The van der Waals surface area contributed by atoms with Crippen molar-refractivity contribution >= 4 is 11.5 Å². The Hall–Kier alpha value is -1.80. The molecule has 1 aromatic heterocycles. The molecule has 2 N–H and O–H groups in total. The second kappa shape index (κ2) is 5.93. The molecule has 0 saturated carbocycles. The molecule has 16 heavy (non-hydrogen) atoms. The van der Waals surface area contributed by atoms with Crippen molar-refractivity contribution in [3.63, 3.8) is 0 Å². The highest BCUT2D eigenvalue weighted by Gasteiger charge is 2.05. The van der Waals surface area contributed by atoms with Crippen LogP contribution in [0.15, 0.2) is 12.1 Å². The molecule has 0 atom stereocenters. The Morgan fingerprint density at radius 1 is 1.56 bits per heavy atom. The lowest BCUT2D eigenvalue weighted by Crippen LogP contribution is -2.21. The van der Waals surface area contributed by atoms with Crippen LogP contribution in [0.25, 0.3) is 0 Å². The normalized spacial score (nSPS) is 9.81. The standard InChI is InChI=1S/C11H16N4O/c1-15(6-3-7-16-2)11-5-4-9(13)10(8-12)14-11/h4-5H,3,6-7,13H2,1-2H3. The molecular formula is C11H16N4O. The van der Waals surface area contributed by atoms with Crippen LogP contribution in [0.5, 0.6) is 0 Å². The summed E-state index contributed by atoms with van der Waals surface area (Å²) in [6, 6.07) is 5.48. The summed E-state index contributed by atoms with van der Waals surface area (Å²) in [4.78, 5) is 6.14. The number of pyridine rings is 1. The summed E-state index contributed by atoms with van der Waals surface area (Å²) >= 11 is 0. The Bertz CT molecular complexity index is 386. The number of hydrogen-bond acceptors (Lipinski definition) is 5. The Morgan fingerprint density at radius 3 is 2.94 bits per heavy atom. The topological polar surface area (TPSA) is 75.2 Å². The van der Waals surface area contributed by atoms with Gasteiger partial charge >= 0.3 is 0 Å². The molecule has 0 aliphatic heterocycles. The van der Waals surface area contributed by atoms with Crippen molar-refractivity contribution in [2.24, 2.45) is 0 Å². The van der Waals surface area contributed by atoms with Gasteiger partial charge in [0.15, 0.2) is 5.69 Å². The fourth-order valence-electron chi connectivity index (χ4n) is 1.32. The first-order valence-electron chi connectivity index (χ1n) is 5.05. The van der Waals surface area contributed by atoms with Crippen LogP contribution >= 0.6 is 0 Å². The van der Waals surface area contributed by atoms with Gasteiger partial charge < -0.3 is 15.4 Å². The third-order valence-corrected chi connectivity index (χ3v) is 2.25. The molecule has 0 bridgehead atoms. The number of methoxy groups -OCH3 is 1. The van der Waals surface area contributed by atoms with Gasteiger partial charge in [-0.15, -0.1) is 0 Å². The molecule has 86 valence electrons. The van der Waals surface area contributed by atoms with Crippen LogP contribution < -0.4 is 10.6 Å². The average Bonchev–Trinajstić information content (AvgIpc) is 2.30. The van der Waals surface area contributed by atoms with Crippen LogP contribution in [0.2, 0.25) is 0 Å². The van der Waals surface area contributed by atoms with E-state index in [2.05, 4.69) is 4.98 Å². The average molecular weight is 220 g/mol. The largest absolute Gasteiger partial charge is 0.396 e. The number of ether oxygens (including phenoxy) is 1. The third-order valence-electron chi connectivity index (χ3n) is 2.25. The van der Waals surface area contributed by atoms with Gasteiger partial charge in [-0.05, 0) is 18.6 Å². The van der Waals surface area contributed by atoms with Gasteiger partial charge in [-0.1, -0.05) is 0 Å². The van der Waals surface area contributed by atoms with Crippen molar-refractivity contribution in [3.8, 4) is 6.07 Å². The molecule has 0 radical (unpaired) electrons. The Morgan fingerprint density at radius 2 is 2.31 bits per heavy atom. The maximum Gasteiger partial charge on any atom is 0.165 e. The van der Waals surface area contributed by atoms with Crippen LogP contribution in [-0.4, -0.2) is 32.3 Å². The summed E-state index contributed by atoms with van der Waals surface area (Å²) in [5, 5.41) is 8.81. The molecule has 0 saturated heterocycles. The van der Waals surface area contributed by atoms with E-state index in [-0.39, 0.29) is 5.69 Å². The zero-order chi connectivity index (χ0) is 12.0. The molecule has 0 aliphatic rings. The molecule has 0 amide bonds. The van der Waals surface area contributed by atoms with Crippen LogP contribution in [-0.2, 0) is 4.74 Å². The number of nitrogens with two attached hydrogens (primary N) is 1. The van der Waals surface area contributed by atoms with Gasteiger partial charge in [0.25, 0.3) is 0 Å². The highest BCUT2D eigenvalue weighted by Crippen LogP contribution is 2.15. The van der Waals surface area contributed by atoms with E-state index in [4.69, 9.17) is 15.7 Å². The van der Waals surface area contributed by atoms with Crippen LogP contribution in [0, 0.1) is 11.3 Å². The molecule has 1 rings (SSSR count). The highest BCUT2D eigenvalue weighted by molar-refractivity contribution is 5.55. The van der Waals surface area contributed by atoms with E-state index in [0.717, 1.165) is 18.8 Å². The third kappa shape index (κ3) is 3.11. The molecule has 0 spiro atoms. The smallest absolute Gasteiger partial charge is 0.165 e. The number of hydrogen-bond donors (Lipinski definition) is 1. The molecular weight excluding hydrogens is 204 g/mol. The summed E-state index contributed by atoms with van der Waals surface area (Å²) in [6.45, 7) is 1.54. The lowest BCUT2D eigenvalue weighted by atomic mass is 10.3. The summed E-state index contributed by atoms with van der Waals surface area (Å²) < 4.78 is 4.97. The summed E-state index contributed by atoms with van der Waals surface area (Å²) in [5.41, 5.74) is 6.29. The first-order chi connectivity index (χ1) is 7.69. The molecule has 0 aliphatic carbocycles. The molecule has 1 aromatic rings. The fourth-order valence-corrected chi connectivity index (χ4v) is 1.32. The van der Waals surface area contributed by atoms with Crippen molar-refractivity contribution in [2.45, 2.75) is 6.42 Å². The maximum atomic E-state index is 8.81. The molecule has 0 unspecified atom stereocenters. The number of nitrogens with zero attached hydrogens (tertiary/aromatic N) is 3. The molecule has 1 heterocycles. The van der Waals surface area contributed by atoms with Gasteiger partial charge in [-0.3, -0.25) is 0 Å². The Labute approximate surface area is 95.4 Å². The number of nitrogen functional groups attached to an aromatic ring is 1. The number of aromatic nitrogens is 1. The van der Waals surface area contributed by atoms with Gasteiger partial charge in [0.1, 0.15) is 11.9 Å². The van der Waals surface area contributed by atoms with Crippen molar-refractivity contribution in [2.75, 3.05) is 37.9 Å². The highest BCUT2D eigenvalue weighted by atomic mass is 16.5. The van der Waals surface area contributed by atoms with Gasteiger partial charge in [0.05, 0.1) is 5.69 Å². The summed E-state index contributed by atoms with van der Waals surface area (Å²) in [6.07, 6.45) is 0.918. The molecule has 5 heteroatoms. The van der Waals surface area contributed by atoms with E-state index in [9.17, 15) is 0 Å². The van der Waals surface area contributed by atoms with Crippen molar-refractivity contribution in [1.29, 1.82) is 5.26 Å². The first-order valence-corrected chi connectivity index (χ1v) is 5.05. The lowest BCUT2D eigenvalue weighted by molar-refractivity contribution is 0.196. The number of nitriles is 1. The van der Waals surface area contributed by atoms with E-state index in [0.29, 0.717) is 12.3 Å². The monoisotopic (exact) mass is 220 g/mol. The zero-order valence-electron chi connectivity index (χ0n) is 9.60. The van der Waals surface area contributed by atoms with Gasteiger partial charge in [-0.2, -0.15) is 5.26 Å². The second-order valence-electron chi connectivity index (χ2n) is 3.49. The molecule has 5 nitrogen and oxygen atoms in total. The Balaban J connectivity index is 2.69. The lowest BCUT2D eigenvalue weighted by Gasteiger charge is -2.18. The van der Waals surface area contributed by atoms with Crippen LogP contribution in [0.4, 0.5) is 11.5 Å². The van der Waals surface area contributed by atoms with Gasteiger partial charge in [-0.25, -0.2) is 4.98 Å². The van der Waals surface area contributed by atoms with E-state index in [1.165, 1.54) is 0 Å². The molecule has 0 fully saturated rings. The Kier molecular flexibility index (Phi) is 4.55. The van der Waals surface area contributed by atoms with Crippen molar-refractivity contribution in [1.82, 2.24) is 4.98 Å². The number of anilines is 2. The SMILES string of the molecule is COCCCN(C)c1ccc(N)c(C#N)n1. The van der Waals surface area contributed by atoms with Gasteiger partial charge in [0, 0.05) is 27.3 Å². The zero-order valence-corrected chi connectivity index (χ0v) is 9.60. The predicted molar refractivity (Wildman–Crippen MR) is 63.1 cm³/mol. The number of rotatable bonds is 5. The van der Waals surface area contributed by atoms with Crippen LogP contribution in [0.1, 0.15) is 12.1 Å². The minimum Gasteiger partial charge on any atom is -0.396 e. The maximum absolute atomic E-state index is 8.81. The first kappa shape index (κ1) is 12.3. The van der Waals surface area contributed by atoms with E-state index >= 15 is 0 Å². The van der Waals surface area contributed by atoms with Crippen molar-refractivity contribution < 1.29 is 4.74 Å². The van der Waals surface area contributed by atoms with Crippen molar-refractivity contribution in [3.05, 3.63) is 17.8 Å².